The van der Waals surface area contributed by atoms with Gasteiger partial charge in [0.25, 0.3) is 0 Å². The number of thiophene rings is 1. The molecule has 0 aliphatic heterocycles. The molecule has 0 spiro atoms. The first-order valence-corrected chi connectivity index (χ1v) is 12.3. The monoisotopic (exact) mass is 461 g/mol. The zero-order valence-corrected chi connectivity index (χ0v) is 19.1. The molecule has 0 saturated heterocycles. The van der Waals surface area contributed by atoms with Gasteiger partial charge in [0, 0.05) is 23.0 Å². The summed E-state index contributed by atoms with van der Waals surface area (Å²) < 4.78 is 1.16. The summed E-state index contributed by atoms with van der Waals surface area (Å²) in [5, 5.41) is 7.39. The Morgan fingerprint density at radius 3 is 3.06 bits per heavy atom. The van der Waals surface area contributed by atoms with Gasteiger partial charge in [-0.2, -0.15) is 0 Å². The fourth-order valence-corrected chi connectivity index (χ4v) is 5.75. The van der Waals surface area contributed by atoms with Crippen molar-refractivity contribution >= 4 is 66.1 Å². The first-order valence-electron chi connectivity index (χ1n) is 10.6. The maximum Gasteiger partial charge on any atom is 0.223 e. The number of hydrogen-bond acceptors (Lipinski definition) is 7. The first kappa shape index (κ1) is 20.8. The minimum absolute atomic E-state index is 0.0516. The SMILES string of the molecule is C=CCNC(=O)C1CCC=C(c2cc3c(Nc4ccc5scnc5c4)ncnc3s2)CC1. The number of hydrogen-bond donors (Lipinski definition) is 2. The van der Waals surface area contributed by atoms with Gasteiger partial charge in [0.15, 0.2) is 0 Å². The second-order valence-electron chi connectivity index (χ2n) is 7.79. The fourth-order valence-electron chi connectivity index (χ4n) is 4.02. The number of carbonyl (C=O) groups excluding carboxylic acids is 1. The summed E-state index contributed by atoms with van der Waals surface area (Å²) >= 11 is 3.31. The average molecular weight is 462 g/mol. The Balaban J connectivity index is 1.36. The van der Waals surface area contributed by atoms with E-state index in [-0.39, 0.29) is 11.8 Å². The predicted octanol–water partition coefficient (Wildman–Crippen LogP) is 5.92. The molecule has 1 aliphatic carbocycles. The summed E-state index contributed by atoms with van der Waals surface area (Å²) in [5.74, 6) is 0.976. The molecule has 0 saturated carbocycles. The Bertz CT molecular complexity index is 1320. The number of amides is 1. The molecule has 162 valence electrons. The molecule has 3 heterocycles. The zero-order chi connectivity index (χ0) is 21.9. The van der Waals surface area contributed by atoms with Crippen LogP contribution in [-0.4, -0.2) is 27.4 Å². The Hall–Kier alpha value is -3.10. The lowest BCUT2D eigenvalue weighted by molar-refractivity contribution is -0.125. The number of anilines is 2. The number of fused-ring (bicyclic) bond motifs is 2. The minimum atomic E-state index is 0.0516. The van der Waals surface area contributed by atoms with Crippen molar-refractivity contribution in [2.24, 2.45) is 5.92 Å². The lowest BCUT2D eigenvalue weighted by Gasteiger charge is -2.13. The lowest BCUT2D eigenvalue weighted by atomic mass is 9.98. The van der Waals surface area contributed by atoms with Gasteiger partial charge in [-0.1, -0.05) is 12.2 Å². The average Bonchev–Trinajstić information content (AvgIpc) is 3.38. The van der Waals surface area contributed by atoms with Crippen molar-refractivity contribution in [2.75, 3.05) is 11.9 Å². The standard InChI is InChI=1S/C24H23N5OS2/c1-2-10-25-23(30)16-5-3-4-15(6-7-16)21-12-18-22(26-13-27-24(18)32-21)29-17-8-9-20-19(11-17)28-14-31-20/h2,4,8-9,11-14,16H,1,3,5-7,10H2,(H,25,30)(H,26,27,29). The molecule has 32 heavy (non-hydrogen) atoms. The van der Waals surface area contributed by atoms with Crippen molar-refractivity contribution in [1.82, 2.24) is 20.3 Å². The summed E-state index contributed by atoms with van der Waals surface area (Å²) in [4.78, 5) is 27.9. The van der Waals surface area contributed by atoms with Crippen LogP contribution >= 0.6 is 22.7 Å². The van der Waals surface area contributed by atoms with Crippen LogP contribution in [0.15, 0.2) is 54.8 Å². The molecule has 0 fully saturated rings. The maximum atomic E-state index is 12.4. The van der Waals surface area contributed by atoms with Gasteiger partial charge in [-0.15, -0.1) is 29.3 Å². The number of benzene rings is 1. The van der Waals surface area contributed by atoms with Gasteiger partial charge in [0.2, 0.25) is 5.91 Å². The van der Waals surface area contributed by atoms with Crippen LogP contribution in [-0.2, 0) is 4.79 Å². The normalized spacial score (nSPS) is 16.5. The molecule has 2 N–H and O–H groups in total. The molecule has 1 amide bonds. The van der Waals surface area contributed by atoms with Gasteiger partial charge in [0.05, 0.1) is 21.1 Å². The molecule has 1 unspecified atom stereocenters. The highest BCUT2D eigenvalue weighted by molar-refractivity contribution is 7.19. The minimum Gasteiger partial charge on any atom is -0.352 e. The van der Waals surface area contributed by atoms with Crippen molar-refractivity contribution < 1.29 is 4.79 Å². The number of nitrogens with one attached hydrogen (secondary N) is 2. The molecule has 1 atom stereocenters. The highest BCUT2D eigenvalue weighted by Gasteiger charge is 2.21. The van der Waals surface area contributed by atoms with Gasteiger partial charge in [-0.25, -0.2) is 15.0 Å². The van der Waals surface area contributed by atoms with Gasteiger partial charge >= 0.3 is 0 Å². The topological polar surface area (TPSA) is 79.8 Å². The third-order valence-electron chi connectivity index (χ3n) is 5.70. The van der Waals surface area contributed by atoms with E-state index in [2.05, 4.69) is 50.4 Å². The Labute approximate surface area is 194 Å². The van der Waals surface area contributed by atoms with Crippen molar-refractivity contribution in [3.05, 3.63) is 59.7 Å². The summed E-state index contributed by atoms with van der Waals surface area (Å²) in [6.45, 7) is 4.19. The van der Waals surface area contributed by atoms with E-state index in [1.165, 1.54) is 10.5 Å². The van der Waals surface area contributed by atoms with Crippen LogP contribution in [0.25, 0.3) is 26.0 Å². The van der Waals surface area contributed by atoms with E-state index in [1.807, 2.05) is 17.6 Å². The molecular formula is C24H23N5OS2. The number of allylic oxidation sites excluding steroid dienone is 2. The van der Waals surface area contributed by atoms with E-state index in [4.69, 9.17) is 0 Å². The molecule has 8 heteroatoms. The van der Waals surface area contributed by atoms with Crippen molar-refractivity contribution in [1.29, 1.82) is 0 Å². The number of carbonyl (C=O) groups is 1. The first-order chi connectivity index (χ1) is 15.7. The molecule has 3 aromatic heterocycles. The third kappa shape index (κ3) is 4.28. The van der Waals surface area contributed by atoms with Gasteiger partial charge in [-0.3, -0.25) is 4.79 Å². The molecule has 1 aromatic carbocycles. The van der Waals surface area contributed by atoms with Crippen LogP contribution < -0.4 is 10.6 Å². The largest absolute Gasteiger partial charge is 0.352 e. The molecule has 6 nitrogen and oxygen atoms in total. The summed E-state index contributed by atoms with van der Waals surface area (Å²) in [6.07, 6.45) is 9.12. The van der Waals surface area contributed by atoms with Crippen LogP contribution in [0.5, 0.6) is 0 Å². The second-order valence-corrected chi connectivity index (χ2v) is 9.70. The summed E-state index contributed by atoms with van der Waals surface area (Å²) in [6, 6.07) is 8.34. The smallest absolute Gasteiger partial charge is 0.223 e. The lowest BCUT2D eigenvalue weighted by Crippen LogP contribution is -2.30. The van der Waals surface area contributed by atoms with Crippen molar-refractivity contribution in [3.8, 4) is 0 Å². The van der Waals surface area contributed by atoms with Crippen LogP contribution in [0, 0.1) is 5.92 Å². The fraction of sp³-hybridized carbons (Fsp3) is 0.250. The summed E-state index contributed by atoms with van der Waals surface area (Å²) in [5.41, 5.74) is 5.09. The van der Waals surface area contributed by atoms with Gasteiger partial charge < -0.3 is 10.6 Å². The van der Waals surface area contributed by atoms with E-state index in [0.717, 1.165) is 57.6 Å². The Kier molecular flexibility index (Phi) is 5.96. The van der Waals surface area contributed by atoms with E-state index in [0.29, 0.717) is 6.54 Å². The zero-order valence-electron chi connectivity index (χ0n) is 17.5. The predicted molar refractivity (Wildman–Crippen MR) is 133 cm³/mol. The molecule has 5 rings (SSSR count). The Morgan fingerprint density at radius 2 is 2.16 bits per heavy atom. The van der Waals surface area contributed by atoms with Crippen LogP contribution in [0.1, 0.15) is 30.6 Å². The van der Waals surface area contributed by atoms with Crippen molar-refractivity contribution in [2.45, 2.75) is 25.7 Å². The number of thiazole rings is 1. The van der Waals surface area contributed by atoms with Crippen LogP contribution in [0.2, 0.25) is 0 Å². The molecule has 1 aliphatic rings. The van der Waals surface area contributed by atoms with E-state index in [1.54, 1.807) is 35.1 Å². The number of nitrogens with zero attached hydrogens (tertiary/aromatic N) is 3. The van der Waals surface area contributed by atoms with Crippen LogP contribution in [0.4, 0.5) is 11.5 Å². The highest BCUT2D eigenvalue weighted by atomic mass is 32.1. The number of aromatic nitrogens is 3. The molecule has 0 bridgehead atoms. The van der Waals surface area contributed by atoms with Gasteiger partial charge in [-0.05, 0) is 55.5 Å². The molecular weight excluding hydrogens is 438 g/mol. The quantitative estimate of drug-likeness (QED) is 0.348. The van der Waals surface area contributed by atoms with Crippen molar-refractivity contribution in [3.63, 3.8) is 0 Å². The van der Waals surface area contributed by atoms with E-state index >= 15 is 0 Å². The molecule has 0 radical (unpaired) electrons. The number of rotatable bonds is 6. The summed E-state index contributed by atoms with van der Waals surface area (Å²) in [7, 11) is 0. The van der Waals surface area contributed by atoms with Crippen LogP contribution in [0.3, 0.4) is 0 Å². The Morgan fingerprint density at radius 1 is 1.22 bits per heavy atom. The maximum absolute atomic E-state index is 12.4. The highest BCUT2D eigenvalue weighted by Crippen LogP contribution is 2.37. The third-order valence-corrected chi connectivity index (χ3v) is 7.63. The second kappa shape index (κ2) is 9.18. The van der Waals surface area contributed by atoms with Gasteiger partial charge in [0.1, 0.15) is 17.0 Å². The molecule has 4 aromatic rings. The van der Waals surface area contributed by atoms with E-state index in [9.17, 15) is 4.79 Å². The van der Waals surface area contributed by atoms with E-state index < -0.39 is 0 Å².